The van der Waals surface area contributed by atoms with Gasteiger partial charge in [-0.25, -0.2) is 11.6 Å². The third-order valence-corrected chi connectivity index (χ3v) is 5.05. The van der Waals surface area contributed by atoms with Crippen molar-refractivity contribution in [1.82, 2.24) is 4.57 Å². The fraction of sp³-hybridized carbons (Fsp3) is 0.192. The molecule has 1 heterocycles. The zero-order valence-electron chi connectivity index (χ0n) is 17.1. The van der Waals surface area contributed by atoms with Crippen LogP contribution in [-0.4, -0.2) is 4.57 Å². The molecule has 0 aliphatic heterocycles. The number of aromatic nitrogens is 1. The van der Waals surface area contributed by atoms with Crippen LogP contribution in [0.3, 0.4) is 0 Å². The van der Waals surface area contributed by atoms with Crippen LogP contribution in [0.25, 0.3) is 27.4 Å². The molecular formula is C26H25F2NZr. The zero-order valence-corrected chi connectivity index (χ0v) is 19.6. The van der Waals surface area contributed by atoms with Crippen molar-refractivity contribution in [3.63, 3.8) is 0 Å². The molecule has 0 atom stereocenters. The molecule has 0 saturated heterocycles. The number of hydrogen-bond acceptors (Lipinski definition) is 0. The van der Waals surface area contributed by atoms with Gasteiger partial charge in [-0.05, 0) is 23.2 Å². The largest absolute Gasteiger partial charge is 4.00 e. The molecule has 1 aromatic heterocycles. The van der Waals surface area contributed by atoms with E-state index in [9.17, 15) is 0 Å². The van der Waals surface area contributed by atoms with E-state index in [-0.39, 0.29) is 35.6 Å². The summed E-state index contributed by atoms with van der Waals surface area (Å²) in [7, 11) is 0. The van der Waals surface area contributed by atoms with E-state index in [1.165, 1.54) is 52.2 Å². The molecule has 30 heavy (non-hydrogen) atoms. The Bertz CT molecular complexity index is 1070. The summed E-state index contributed by atoms with van der Waals surface area (Å²) in [6, 6.07) is 23.6. The van der Waals surface area contributed by atoms with Crippen LogP contribution in [0.5, 0.6) is 0 Å². The van der Waals surface area contributed by atoms with Gasteiger partial charge < -0.3 is 14.0 Å². The molecule has 0 saturated carbocycles. The third kappa shape index (κ3) is 5.92. The molecule has 0 spiro atoms. The van der Waals surface area contributed by atoms with E-state index in [0.29, 0.717) is 0 Å². The topological polar surface area (TPSA) is 4.93 Å². The first-order valence-electron chi connectivity index (χ1n) is 9.83. The molecule has 0 fully saturated rings. The average Bonchev–Trinajstić information content (AvgIpc) is 3.45. The standard InChI is InChI=1S/C17H12N.C9H13.2FH.Zr/c1-2-7-15-12-16(11-14(15)6-1)18-10-9-13-5-3-4-8-17(13)18;1-2-3-6-9-7-4-5-8-9;;;/h1-12H;4,7H,2-3,5-6H2,1H3;2*1H;/q2*-1;;;+4/p-2. The summed E-state index contributed by atoms with van der Waals surface area (Å²) in [6.45, 7) is 2.22. The first-order valence-corrected chi connectivity index (χ1v) is 9.83. The summed E-state index contributed by atoms with van der Waals surface area (Å²) >= 11 is 0. The molecule has 4 aromatic rings. The van der Waals surface area contributed by atoms with Gasteiger partial charge in [-0.3, -0.25) is 6.08 Å². The van der Waals surface area contributed by atoms with E-state index in [1.807, 2.05) is 0 Å². The van der Waals surface area contributed by atoms with Gasteiger partial charge in [0.1, 0.15) is 0 Å². The molecule has 1 aliphatic carbocycles. The second-order valence-electron chi connectivity index (χ2n) is 7.00. The van der Waals surface area contributed by atoms with Gasteiger partial charge in [-0.2, -0.15) is 6.08 Å². The third-order valence-electron chi connectivity index (χ3n) is 5.05. The maximum atomic E-state index is 3.30. The van der Waals surface area contributed by atoms with Gasteiger partial charge in [0.25, 0.3) is 0 Å². The number of halogens is 2. The predicted molar refractivity (Wildman–Crippen MR) is 116 cm³/mol. The Labute approximate surface area is 196 Å². The molecule has 0 unspecified atom stereocenters. The summed E-state index contributed by atoms with van der Waals surface area (Å²) in [5.74, 6) is 0. The fourth-order valence-electron chi connectivity index (χ4n) is 3.57. The van der Waals surface area contributed by atoms with E-state index in [2.05, 4.69) is 103 Å². The van der Waals surface area contributed by atoms with Gasteiger partial charge in [0.05, 0.1) is 5.52 Å². The van der Waals surface area contributed by atoms with Crippen LogP contribution in [0.4, 0.5) is 0 Å². The molecule has 1 nitrogen and oxygen atoms in total. The number of nitrogens with zero attached hydrogens (tertiary/aromatic N) is 1. The van der Waals surface area contributed by atoms with Crippen LogP contribution >= 0.6 is 0 Å². The van der Waals surface area contributed by atoms with Gasteiger partial charge in [-0.1, -0.05) is 50.5 Å². The van der Waals surface area contributed by atoms with Crippen LogP contribution in [0.2, 0.25) is 0 Å². The monoisotopic (exact) mass is 479 g/mol. The van der Waals surface area contributed by atoms with Crippen molar-refractivity contribution in [2.24, 2.45) is 0 Å². The Kier molecular flexibility index (Phi) is 10.8. The van der Waals surface area contributed by atoms with Crippen LogP contribution in [0.1, 0.15) is 32.6 Å². The smallest absolute Gasteiger partial charge is 1.00 e. The number of para-hydroxylation sites is 1. The Balaban J connectivity index is 0.000000327. The first kappa shape index (κ1) is 25.8. The number of fused-ring (bicyclic) bond motifs is 2. The molecule has 0 bridgehead atoms. The van der Waals surface area contributed by atoms with Crippen LogP contribution in [0.15, 0.2) is 90.7 Å². The Hall–Kier alpha value is -2.19. The summed E-state index contributed by atoms with van der Waals surface area (Å²) < 4.78 is 2.25. The van der Waals surface area contributed by atoms with Crippen molar-refractivity contribution in [3.05, 3.63) is 96.7 Å². The summed E-state index contributed by atoms with van der Waals surface area (Å²) in [5.41, 5.74) is 3.90. The number of allylic oxidation sites excluding steroid dienone is 4. The molecule has 4 heteroatoms. The van der Waals surface area contributed by atoms with Gasteiger partial charge in [0, 0.05) is 6.20 Å². The molecule has 0 amide bonds. The van der Waals surface area contributed by atoms with Gasteiger partial charge in [0.2, 0.25) is 0 Å². The Morgan fingerprint density at radius 1 is 0.967 bits per heavy atom. The van der Waals surface area contributed by atoms with Crippen molar-refractivity contribution in [2.75, 3.05) is 0 Å². The van der Waals surface area contributed by atoms with E-state index in [0.717, 1.165) is 6.42 Å². The second kappa shape index (κ2) is 12.5. The minimum absolute atomic E-state index is 0. The summed E-state index contributed by atoms with van der Waals surface area (Å²) in [5, 5.41) is 3.87. The number of unbranched alkanes of at least 4 members (excludes halogenated alkanes) is 1. The normalized spacial score (nSPS) is 11.7. The predicted octanol–water partition coefficient (Wildman–Crippen LogP) is 1.37. The molecule has 0 radical (unpaired) electrons. The first-order chi connectivity index (χ1) is 13.3. The average molecular weight is 481 g/mol. The van der Waals surface area contributed by atoms with Gasteiger partial charge in [0.15, 0.2) is 0 Å². The van der Waals surface area contributed by atoms with Crippen LogP contribution in [-0.2, 0) is 26.2 Å². The maximum Gasteiger partial charge on any atom is 4.00 e. The van der Waals surface area contributed by atoms with Crippen molar-refractivity contribution >= 4 is 21.7 Å². The maximum absolute atomic E-state index is 3.30. The number of rotatable bonds is 4. The number of benzene rings is 2. The fourth-order valence-corrected chi connectivity index (χ4v) is 3.57. The molecular weight excluding hydrogens is 456 g/mol. The van der Waals surface area contributed by atoms with Crippen LogP contribution in [0, 0.1) is 6.08 Å². The quantitative estimate of drug-likeness (QED) is 0.389. The van der Waals surface area contributed by atoms with Gasteiger partial charge in [-0.15, -0.1) is 47.5 Å². The van der Waals surface area contributed by atoms with E-state index in [1.54, 1.807) is 0 Å². The van der Waals surface area contributed by atoms with Crippen molar-refractivity contribution < 1.29 is 35.6 Å². The molecule has 3 aromatic carbocycles. The van der Waals surface area contributed by atoms with E-state index in [4.69, 9.17) is 0 Å². The summed E-state index contributed by atoms with van der Waals surface area (Å²) in [4.78, 5) is 0. The summed E-state index contributed by atoms with van der Waals surface area (Å²) in [6.07, 6.45) is 14.7. The second-order valence-corrected chi connectivity index (χ2v) is 7.00. The minimum Gasteiger partial charge on any atom is -1.00 e. The number of hydrogen-bond donors (Lipinski definition) is 0. The van der Waals surface area contributed by atoms with E-state index < -0.39 is 0 Å². The SMILES string of the molecule is CCCCC1=[C-]CC=C1.[F-].[F-].[Zr+4].c1ccc2[cH-]c(-n3ccc4ccccc43)cc2c1. The van der Waals surface area contributed by atoms with Crippen molar-refractivity contribution in [3.8, 4) is 5.69 Å². The molecule has 152 valence electrons. The molecule has 0 N–H and O–H groups in total. The Morgan fingerprint density at radius 3 is 2.40 bits per heavy atom. The van der Waals surface area contributed by atoms with Crippen LogP contribution < -0.4 is 9.41 Å². The Morgan fingerprint density at radius 2 is 1.70 bits per heavy atom. The van der Waals surface area contributed by atoms with Gasteiger partial charge >= 0.3 is 26.2 Å². The van der Waals surface area contributed by atoms with Crippen molar-refractivity contribution in [1.29, 1.82) is 0 Å². The minimum atomic E-state index is 0. The van der Waals surface area contributed by atoms with Crippen molar-refractivity contribution in [2.45, 2.75) is 32.6 Å². The molecule has 1 aliphatic rings. The molecule has 5 rings (SSSR count). The zero-order chi connectivity index (χ0) is 18.5. The van der Waals surface area contributed by atoms with E-state index >= 15 is 0 Å².